The molecule has 0 radical (unpaired) electrons. The van der Waals surface area contributed by atoms with Crippen LogP contribution in [-0.4, -0.2) is 51.6 Å². The molecule has 1 fully saturated rings. The van der Waals surface area contributed by atoms with Gasteiger partial charge in [-0.3, -0.25) is 4.79 Å². The summed E-state index contributed by atoms with van der Waals surface area (Å²) in [6.45, 7) is 5.75. The Labute approximate surface area is 142 Å². The minimum atomic E-state index is -3.81. The van der Waals surface area contributed by atoms with Gasteiger partial charge in [-0.25, -0.2) is 17.5 Å². The van der Waals surface area contributed by atoms with Crippen LogP contribution in [0.2, 0.25) is 0 Å². The van der Waals surface area contributed by atoms with Crippen LogP contribution in [0.25, 0.3) is 0 Å². The second-order valence-corrected chi connectivity index (χ2v) is 7.84. The molecule has 6 nitrogen and oxygen atoms in total. The van der Waals surface area contributed by atoms with Crippen LogP contribution in [0.4, 0.5) is 4.39 Å². The number of sulfonamides is 1. The average Bonchev–Trinajstić information content (AvgIpc) is 2.55. The highest BCUT2D eigenvalue weighted by atomic mass is 32.2. The highest BCUT2D eigenvalue weighted by Gasteiger charge is 2.27. The van der Waals surface area contributed by atoms with Crippen LogP contribution < -0.4 is 4.72 Å². The molecule has 1 aromatic carbocycles. The molecule has 1 aliphatic rings. The number of benzene rings is 1. The second-order valence-electron chi connectivity index (χ2n) is 6.12. The highest BCUT2D eigenvalue weighted by molar-refractivity contribution is 7.89. The molecule has 1 heterocycles. The number of carbonyl (C=O) groups excluding carboxylic acids is 1. The minimum absolute atomic E-state index is 0.0200. The van der Waals surface area contributed by atoms with Crippen molar-refractivity contribution in [3.05, 3.63) is 30.1 Å². The van der Waals surface area contributed by atoms with E-state index in [4.69, 9.17) is 4.74 Å². The molecule has 0 aromatic heterocycles. The van der Waals surface area contributed by atoms with E-state index in [2.05, 4.69) is 4.72 Å². The topological polar surface area (TPSA) is 75.7 Å². The third-order valence-electron chi connectivity index (χ3n) is 3.99. The van der Waals surface area contributed by atoms with E-state index in [1.165, 1.54) is 12.1 Å². The van der Waals surface area contributed by atoms with Gasteiger partial charge in [0, 0.05) is 25.6 Å². The van der Waals surface area contributed by atoms with Crippen molar-refractivity contribution < 1.29 is 22.3 Å². The number of hydrogen-bond donors (Lipinski definition) is 1. The number of amides is 1. The number of nitrogens with one attached hydrogen (secondary N) is 1. The summed E-state index contributed by atoms with van der Waals surface area (Å²) in [5.74, 6) is -0.666. The summed E-state index contributed by atoms with van der Waals surface area (Å²) in [5, 5.41) is 0. The van der Waals surface area contributed by atoms with E-state index in [0.717, 1.165) is 12.1 Å². The Kier molecular flexibility index (Phi) is 6.31. The van der Waals surface area contributed by atoms with Gasteiger partial charge in [-0.15, -0.1) is 0 Å². The number of ether oxygens (including phenoxy) is 1. The Hall–Kier alpha value is -1.51. The monoisotopic (exact) mass is 358 g/mol. The molecule has 1 aromatic rings. The lowest BCUT2D eigenvalue weighted by Gasteiger charge is -2.29. The second kappa shape index (κ2) is 8.04. The number of carbonyl (C=O) groups is 1. The molecular formula is C16H23FN2O4S. The number of hydrogen-bond acceptors (Lipinski definition) is 4. The Morgan fingerprint density at radius 3 is 2.38 bits per heavy atom. The summed E-state index contributed by atoms with van der Waals surface area (Å²) in [6.07, 6.45) is 0.0814. The van der Waals surface area contributed by atoms with E-state index < -0.39 is 21.9 Å². The van der Waals surface area contributed by atoms with Crippen LogP contribution in [0.5, 0.6) is 0 Å². The highest BCUT2D eigenvalue weighted by Crippen LogP contribution is 2.15. The van der Waals surface area contributed by atoms with Gasteiger partial charge in [-0.2, -0.15) is 0 Å². The van der Waals surface area contributed by atoms with Crippen LogP contribution in [0.1, 0.15) is 20.3 Å². The first-order chi connectivity index (χ1) is 11.3. The predicted molar refractivity (Wildman–Crippen MR) is 87.4 cm³/mol. The molecule has 0 bridgehead atoms. The average molecular weight is 358 g/mol. The maximum atomic E-state index is 13.0. The Balaban J connectivity index is 2.07. The van der Waals surface area contributed by atoms with Crippen LogP contribution in [0.15, 0.2) is 29.2 Å². The van der Waals surface area contributed by atoms with E-state index in [1.54, 1.807) is 4.90 Å². The molecule has 1 atom stereocenters. The molecule has 24 heavy (non-hydrogen) atoms. The van der Waals surface area contributed by atoms with E-state index in [9.17, 15) is 17.6 Å². The van der Waals surface area contributed by atoms with Crippen molar-refractivity contribution in [1.82, 2.24) is 9.62 Å². The summed E-state index contributed by atoms with van der Waals surface area (Å²) in [6, 6.07) is 4.07. The first-order valence-electron chi connectivity index (χ1n) is 7.93. The van der Waals surface area contributed by atoms with Gasteiger partial charge in [0.1, 0.15) is 5.82 Å². The minimum Gasteiger partial charge on any atom is -0.378 e. The van der Waals surface area contributed by atoms with Crippen molar-refractivity contribution in [1.29, 1.82) is 0 Å². The zero-order chi connectivity index (χ0) is 17.7. The maximum Gasteiger partial charge on any atom is 0.240 e. The molecule has 1 amide bonds. The summed E-state index contributed by atoms with van der Waals surface area (Å²) < 4.78 is 45.6. The largest absolute Gasteiger partial charge is 0.378 e. The standard InChI is InChI=1S/C16H23FN2O4S/c1-12(2)15(11-16(20)19-7-9-23-10-8-19)18-24(21,22)14-5-3-13(17)4-6-14/h3-6,12,15,18H,7-11H2,1-2H3. The predicted octanol–water partition coefficient (Wildman–Crippen LogP) is 1.38. The van der Waals surface area contributed by atoms with Gasteiger partial charge < -0.3 is 9.64 Å². The number of nitrogens with zero attached hydrogens (tertiary/aromatic N) is 1. The zero-order valence-electron chi connectivity index (χ0n) is 13.9. The number of morpholine rings is 1. The van der Waals surface area contributed by atoms with E-state index in [-0.39, 0.29) is 23.1 Å². The van der Waals surface area contributed by atoms with E-state index >= 15 is 0 Å². The van der Waals surface area contributed by atoms with E-state index in [1.807, 2.05) is 13.8 Å². The first kappa shape index (κ1) is 18.8. The SMILES string of the molecule is CC(C)C(CC(=O)N1CCOCC1)NS(=O)(=O)c1ccc(F)cc1. The summed E-state index contributed by atoms with van der Waals surface area (Å²) in [5.41, 5.74) is 0. The third kappa shape index (κ3) is 4.99. The summed E-state index contributed by atoms with van der Waals surface area (Å²) in [4.78, 5) is 14.0. The Morgan fingerprint density at radius 1 is 1.25 bits per heavy atom. The Bertz CT molecular complexity index is 655. The van der Waals surface area contributed by atoms with Crippen molar-refractivity contribution in [2.45, 2.75) is 31.2 Å². The smallest absolute Gasteiger partial charge is 0.240 e. The fraction of sp³-hybridized carbons (Fsp3) is 0.562. The lowest BCUT2D eigenvalue weighted by atomic mass is 10.0. The molecule has 0 aliphatic carbocycles. The van der Waals surface area contributed by atoms with Gasteiger partial charge in [-0.1, -0.05) is 13.8 Å². The molecule has 2 rings (SSSR count). The van der Waals surface area contributed by atoms with Crippen molar-refractivity contribution in [3.63, 3.8) is 0 Å². The lowest BCUT2D eigenvalue weighted by Crippen LogP contribution is -2.46. The van der Waals surface area contributed by atoms with Crippen molar-refractivity contribution in [2.24, 2.45) is 5.92 Å². The van der Waals surface area contributed by atoms with Crippen LogP contribution >= 0.6 is 0 Å². The number of halogens is 1. The quantitative estimate of drug-likeness (QED) is 0.834. The summed E-state index contributed by atoms with van der Waals surface area (Å²) >= 11 is 0. The molecule has 134 valence electrons. The maximum absolute atomic E-state index is 13.0. The molecular weight excluding hydrogens is 335 g/mol. The first-order valence-corrected chi connectivity index (χ1v) is 9.41. The van der Waals surface area contributed by atoms with Crippen LogP contribution in [-0.2, 0) is 19.6 Å². The van der Waals surface area contributed by atoms with Crippen LogP contribution in [0.3, 0.4) is 0 Å². The molecule has 0 saturated carbocycles. The summed E-state index contributed by atoms with van der Waals surface area (Å²) in [7, 11) is -3.81. The van der Waals surface area contributed by atoms with Crippen molar-refractivity contribution in [2.75, 3.05) is 26.3 Å². The van der Waals surface area contributed by atoms with Gasteiger partial charge in [0.15, 0.2) is 0 Å². The zero-order valence-corrected chi connectivity index (χ0v) is 14.7. The lowest BCUT2D eigenvalue weighted by molar-refractivity contribution is -0.135. The fourth-order valence-corrected chi connectivity index (χ4v) is 3.81. The van der Waals surface area contributed by atoms with Crippen molar-refractivity contribution >= 4 is 15.9 Å². The fourth-order valence-electron chi connectivity index (χ4n) is 2.42. The molecule has 0 spiro atoms. The van der Waals surface area contributed by atoms with Crippen LogP contribution in [0, 0.1) is 11.7 Å². The van der Waals surface area contributed by atoms with Gasteiger partial charge >= 0.3 is 0 Å². The molecule has 1 unspecified atom stereocenters. The molecule has 1 saturated heterocycles. The van der Waals surface area contributed by atoms with E-state index in [0.29, 0.717) is 26.3 Å². The van der Waals surface area contributed by atoms with Gasteiger partial charge in [0.05, 0.1) is 18.1 Å². The van der Waals surface area contributed by atoms with Gasteiger partial charge in [-0.05, 0) is 30.2 Å². The Morgan fingerprint density at radius 2 is 1.83 bits per heavy atom. The third-order valence-corrected chi connectivity index (χ3v) is 5.50. The molecule has 1 aliphatic heterocycles. The number of rotatable bonds is 6. The van der Waals surface area contributed by atoms with Crippen molar-refractivity contribution in [3.8, 4) is 0 Å². The molecule has 8 heteroatoms. The normalized spacial score (nSPS) is 17.1. The van der Waals surface area contributed by atoms with Gasteiger partial charge in [0.25, 0.3) is 0 Å². The molecule has 1 N–H and O–H groups in total. The van der Waals surface area contributed by atoms with Gasteiger partial charge in [0.2, 0.25) is 15.9 Å².